The van der Waals surface area contributed by atoms with Crippen molar-refractivity contribution in [2.75, 3.05) is 55.6 Å². The summed E-state index contributed by atoms with van der Waals surface area (Å²) in [5, 5.41) is 28.1. The third-order valence-corrected chi connectivity index (χ3v) is 11.2. The quantitative estimate of drug-likeness (QED) is 0.0716. The Balaban J connectivity index is 0.951. The van der Waals surface area contributed by atoms with E-state index in [1.165, 1.54) is 19.2 Å². The van der Waals surface area contributed by atoms with Crippen molar-refractivity contribution in [1.29, 1.82) is 0 Å². The van der Waals surface area contributed by atoms with Crippen molar-refractivity contribution in [3.8, 4) is 22.6 Å². The number of nitrogens with one attached hydrogen (secondary N) is 3. The standard InChI is InChI=1S/C45H53N7O11/c1-27-19-36-44(63-40-10-5-6-17-62-40)52(45(58)59)33-23-38(37(60-4)22-32(33)43(57)51(36)24-27)61-18-7-9-39(54)47-31-21-35(50(3)26-31)42(56)48-30-13-11-28(12-14-30)29-20-34(49(2)25-29)41(55)46-15-8-16-53/h11-14,20-23,25-26,36,40,44,53H,1,5-10,15-19,24H2,2-4H3,(H,46,55)(H,47,54)(H,48,56)(H,58,59). The Labute approximate surface area is 364 Å². The van der Waals surface area contributed by atoms with Gasteiger partial charge in [0.05, 0.1) is 36.7 Å². The number of carbonyl (C=O) groups is 5. The second kappa shape index (κ2) is 19.6. The smallest absolute Gasteiger partial charge is 0.414 e. The van der Waals surface area contributed by atoms with Crippen LogP contribution >= 0.6 is 0 Å². The Bertz CT molecular complexity index is 2370. The average Bonchev–Trinajstić information content (AvgIpc) is 3.96. The topological polar surface area (TPSA) is 215 Å². The molecule has 2 saturated heterocycles. The Kier molecular flexibility index (Phi) is 13.8. The molecule has 3 atom stereocenters. The Morgan fingerprint density at radius 2 is 1.67 bits per heavy atom. The number of hydrogen-bond donors (Lipinski definition) is 5. The van der Waals surface area contributed by atoms with E-state index >= 15 is 0 Å². The molecule has 0 saturated carbocycles. The van der Waals surface area contributed by atoms with Gasteiger partial charge in [-0.3, -0.25) is 19.2 Å². The molecule has 0 aliphatic carbocycles. The number of rotatable bonds is 16. The number of aliphatic hydroxyl groups is 1. The number of methoxy groups -OCH3 is 1. The minimum absolute atomic E-state index is 0.00452. The number of amides is 5. The van der Waals surface area contributed by atoms with Crippen LogP contribution in [0.15, 0.2) is 73.1 Å². The highest BCUT2D eigenvalue weighted by molar-refractivity contribution is 6.06. The molecule has 0 bridgehead atoms. The molecule has 2 aromatic heterocycles. The number of aliphatic hydroxyl groups excluding tert-OH is 1. The van der Waals surface area contributed by atoms with Gasteiger partial charge in [-0.15, -0.1) is 0 Å². The van der Waals surface area contributed by atoms with E-state index in [4.69, 9.17) is 24.1 Å². The molecule has 63 heavy (non-hydrogen) atoms. The van der Waals surface area contributed by atoms with Gasteiger partial charge in [0.2, 0.25) is 5.91 Å². The fourth-order valence-electron chi connectivity index (χ4n) is 8.06. The van der Waals surface area contributed by atoms with Gasteiger partial charge in [0.25, 0.3) is 17.7 Å². The molecule has 3 aliphatic heterocycles. The number of benzene rings is 2. The van der Waals surface area contributed by atoms with E-state index in [0.717, 1.165) is 34.4 Å². The van der Waals surface area contributed by atoms with Crippen LogP contribution in [0, 0.1) is 0 Å². The zero-order chi connectivity index (χ0) is 44.8. The van der Waals surface area contributed by atoms with Crippen molar-refractivity contribution < 1.29 is 53.1 Å². The monoisotopic (exact) mass is 867 g/mol. The molecule has 2 aromatic carbocycles. The van der Waals surface area contributed by atoms with Crippen LogP contribution in [0.3, 0.4) is 0 Å². The van der Waals surface area contributed by atoms with Crippen LogP contribution in [0.25, 0.3) is 11.1 Å². The Morgan fingerprint density at radius 3 is 2.38 bits per heavy atom. The minimum atomic E-state index is -1.31. The van der Waals surface area contributed by atoms with Gasteiger partial charge in [0, 0.05) is 76.5 Å². The molecule has 0 radical (unpaired) electrons. The van der Waals surface area contributed by atoms with Crippen molar-refractivity contribution in [1.82, 2.24) is 19.4 Å². The Morgan fingerprint density at radius 1 is 0.905 bits per heavy atom. The maximum absolute atomic E-state index is 14.0. The number of carbonyl (C=O) groups excluding carboxylic acids is 4. The number of hydrogen-bond acceptors (Lipinski definition) is 10. The van der Waals surface area contributed by atoms with Gasteiger partial charge in [-0.1, -0.05) is 24.3 Å². The molecule has 18 nitrogen and oxygen atoms in total. The van der Waals surface area contributed by atoms with Crippen LogP contribution < -0.4 is 30.3 Å². The van der Waals surface area contributed by atoms with E-state index in [1.54, 1.807) is 58.6 Å². The summed E-state index contributed by atoms with van der Waals surface area (Å²) in [6.07, 6.45) is 3.96. The van der Waals surface area contributed by atoms with Crippen LogP contribution in [-0.2, 0) is 28.4 Å². The predicted molar refractivity (Wildman–Crippen MR) is 232 cm³/mol. The molecule has 3 unspecified atom stereocenters. The van der Waals surface area contributed by atoms with E-state index < -0.39 is 24.7 Å². The van der Waals surface area contributed by atoms with Gasteiger partial charge in [-0.25, -0.2) is 9.69 Å². The first-order chi connectivity index (χ1) is 30.3. The van der Waals surface area contributed by atoms with Gasteiger partial charge >= 0.3 is 6.09 Å². The maximum atomic E-state index is 14.0. The highest BCUT2D eigenvalue weighted by Crippen LogP contribution is 2.43. The second-order valence-corrected chi connectivity index (χ2v) is 15.8. The number of aryl methyl sites for hydroxylation is 2. The largest absolute Gasteiger partial charge is 0.493 e. The molecule has 0 spiro atoms. The van der Waals surface area contributed by atoms with Gasteiger partial charge in [-0.05, 0) is 74.4 Å². The lowest BCUT2D eigenvalue weighted by Crippen LogP contribution is -2.53. The average molecular weight is 868 g/mol. The summed E-state index contributed by atoms with van der Waals surface area (Å²) in [4.78, 5) is 68.5. The van der Waals surface area contributed by atoms with E-state index in [9.17, 15) is 29.1 Å². The normalized spacial score (nSPS) is 18.3. The minimum Gasteiger partial charge on any atom is -0.493 e. The summed E-state index contributed by atoms with van der Waals surface area (Å²) in [5.41, 5.74) is 4.43. The van der Waals surface area contributed by atoms with Gasteiger partial charge in [-0.2, -0.15) is 0 Å². The fraction of sp³-hybridized carbons (Fsp3) is 0.400. The van der Waals surface area contributed by atoms with Crippen LogP contribution in [0.4, 0.5) is 21.9 Å². The van der Waals surface area contributed by atoms with Crippen LogP contribution in [-0.4, -0.2) is 113 Å². The van der Waals surface area contributed by atoms with E-state index in [0.29, 0.717) is 55.2 Å². The summed E-state index contributed by atoms with van der Waals surface area (Å²) >= 11 is 0. The van der Waals surface area contributed by atoms with Crippen molar-refractivity contribution in [2.24, 2.45) is 14.1 Å². The second-order valence-electron chi connectivity index (χ2n) is 15.8. The van der Waals surface area contributed by atoms with Crippen LogP contribution in [0.1, 0.15) is 76.3 Å². The van der Waals surface area contributed by atoms with Crippen molar-refractivity contribution in [3.63, 3.8) is 0 Å². The van der Waals surface area contributed by atoms with Crippen molar-refractivity contribution in [3.05, 3.63) is 90.0 Å². The maximum Gasteiger partial charge on any atom is 0.414 e. The molecular weight excluding hydrogens is 815 g/mol. The highest BCUT2D eigenvalue weighted by atomic mass is 16.7. The summed E-state index contributed by atoms with van der Waals surface area (Å²) in [6, 6.07) is 12.9. The predicted octanol–water partition coefficient (Wildman–Crippen LogP) is 5.34. The van der Waals surface area contributed by atoms with Gasteiger partial charge in [0.15, 0.2) is 24.0 Å². The van der Waals surface area contributed by atoms with Crippen molar-refractivity contribution in [2.45, 2.75) is 63.5 Å². The van der Waals surface area contributed by atoms with Gasteiger partial charge < -0.3 is 59.1 Å². The molecular formula is C45H53N7O11. The Hall–Kier alpha value is -6.63. The summed E-state index contributed by atoms with van der Waals surface area (Å²) < 4.78 is 27.1. The lowest BCUT2D eigenvalue weighted by atomic mass is 10.1. The number of fused-ring (bicyclic) bond motifs is 2. The summed E-state index contributed by atoms with van der Waals surface area (Å²) in [7, 11) is 4.90. The zero-order valence-corrected chi connectivity index (χ0v) is 35.6. The molecule has 334 valence electrons. The lowest BCUT2D eigenvalue weighted by molar-refractivity contribution is -0.195. The fourth-order valence-corrected chi connectivity index (χ4v) is 8.06. The van der Waals surface area contributed by atoms with E-state index in [1.807, 2.05) is 18.3 Å². The molecule has 5 amide bonds. The third kappa shape index (κ3) is 10.0. The zero-order valence-electron chi connectivity index (χ0n) is 35.6. The molecule has 4 aromatic rings. The summed E-state index contributed by atoms with van der Waals surface area (Å²) in [5.74, 6) is -0.914. The molecule has 18 heteroatoms. The number of anilines is 3. The number of nitrogens with zero attached hydrogens (tertiary/aromatic N) is 4. The number of carboxylic acid groups (broad SMARTS) is 1. The first kappa shape index (κ1) is 44.4. The van der Waals surface area contributed by atoms with Gasteiger partial charge in [0.1, 0.15) is 11.4 Å². The van der Waals surface area contributed by atoms with Crippen LogP contribution in [0.2, 0.25) is 0 Å². The van der Waals surface area contributed by atoms with E-state index in [2.05, 4.69) is 22.5 Å². The van der Waals surface area contributed by atoms with Crippen molar-refractivity contribution >= 4 is 46.8 Å². The van der Waals surface area contributed by atoms with Crippen LogP contribution in [0.5, 0.6) is 11.5 Å². The highest BCUT2D eigenvalue weighted by Gasteiger charge is 2.48. The number of aromatic nitrogens is 2. The molecule has 7 rings (SSSR count). The molecule has 5 heterocycles. The first-order valence-corrected chi connectivity index (χ1v) is 20.9. The lowest BCUT2D eigenvalue weighted by Gasteiger charge is -2.37. The third-order valence-electron chi connectivity index (χ3n) is 11.2. The summed E-state index contributed by atoms with van der Waals surface area (Å²) in [6.45, 7) is 5.25. The molecule has 2 fully saturated rings. The SMILES string of the molecule is C=C1CC2C(OC3CCCCO3)N(C(=O)O)c3cc(OCCCC(=O)Nc4cc(C(=O)Nc5ccc(-c6cc(C(=O)NCCCO)n(C)c6)cc5)n(C)c4)c(OC)cc3C(=O)N2C1. The molecule has 3 aliphatic rings. The van der Waals surface area contributed by atoms with E-state index in [-0.39, 0.29) is 79.0 Å². The number of ether oxygens (including phenoxy) is 4. The molecule has 5 N–H and O–H groups in total. The first-order valence-electron chi connectivity index (χ1n) is 20.9.